The Hall–Kier alpha value is -4.23. The molecule has 7 heteroatoms. The van der Waals surface area contributed by atoms with E-state index in [1.165, 1.54) is 0 Å². The molecule has 5 rings (SSSR count). The second-order valence-electron chi connectivity index (χ2n) is 8.36. The van der Waals surface area contributed by atoms with E-state index in [9.17, 15) is 13.8 Å². The maximum Gasteiger partial charge on any atom is 0.259 e. The lowest BCUT2D eigenvalue weighted by molar-refractivity contribution is 0.0947. The Balaban J connectivity index is 1.49. The monoisotopic (exact) mass is 496 g/mol. The molecule has 0 bridgehead atoms. The second kappa shape index (κ2) is 10.2. The summed E-state index contributed by atoms with van der Waals surface area (Å²) in [4.78, 5) is 29.3. The number of fused-ring (bicyclic) bond motifs is 2. The minimum Gasteiger partial charge on any atom is -0.497 e. The van der Waals surface area contributed by atoms with Gasteiger partial charge in [0.2, 0.25) is 0 Å². The largest absolute Gasteiger partial charge is 0.497 e. The molecule has 180 valence electrons. The molecule has 0 saturated heterocycles. The fourth-order valence-electron chi connectivity index (χ4n) is 4.16. The van der Waals surface area contributed by atoms with Crippen molar-refractivity contribution in [2.75, 3.05) is 12.0 Å². The van der Waals surface area contributed by atoms with Crippen molar-refractivity contribution >= 4 is 28.3 Å². The average Bonchev–Trinajstić information content (AvgIpc) is 3.02. The van der Waals surface area contributed by atoms with Crippen LogP contribution in [-0.2, 0) is 23.9 Å². The Morgan fingerprint density at radius 1 is 0.861 bits per heavy atom. The van der Waals surface area contributed by atoms with Crippen LogP contribution in [0.1, 0.15) is 31.8 Å². The first-order valence-corrected chi connectivity index (χ1v) is 12.6. The number of anilines is 1. The molecule has 0 aromatic heterocycles. The number of rotatable bonds is 6. The van der Waals surface area contributed by atoms with Crippen LogP contribution in [0.15, 0.2) is 107 Å². The van der Waals surface area contributed by atoms with Gasteiger partial charge in [-0.2, -0.15) is 0 Å². The van der Waals surface area contributed by atoms with Crippen LogP contribution in [0.3, 0.4) is 0 Å². The minimum absolute atomic E-state index is 0.252. The van der Waals surface area contributed by atoms with E-state index in [2.05, 4.69) is 5.32 Å². The first-order valence-electron chi connectivity index (χ1n) is 11.5. The number of methoxy groups -OCH3 is 1. The lowest BCUT2D eigenvalue weighted by atomic mass is 10.1. The number of nitrogens with one attached hydrogen (secondary N) is 1. The van der Waals surface area contributed by atoms with E-state index < -0.39 is 10.8 Å². The molecule has 0 unspecified atom stereocenters. The van der Waals surface area contributed by atoms with Crippen LogP contribution in [-0.4, -0.2) is 23.1 Å². The fraction of sp³-hybridized carbons (Fsp3) is 0.103. The molecule has 6 nitrogen and oxygen atoms in total. The van der Waals surface area contributed by atoms with Crippen molar-refractivity contribution in [3.05, 3.63) is 119 Å². The number of benzene rings is 4. The van der Waals surface area contributed by atoms with Gasteiger partial charge in [-0.25, -0.2) is 4.21 Å². The summed E-state index contributed by atoms with van der Waals surface area (Å²) in [6.07, 6.45) is 0. The Morgan fingerprint density at radius 2 is 1.58 bits per heavy atom. The van der Waals surface area contributed by atoms with E-state index in [1.54, 1.807) is 54.5 Å². The molecule has 1 aliphatic heterocycles. The lowest BCUT2D eigenvalue weighted by Crippen LogP contribution is -2.31. The smallest absolute Gasteiger partial charge is 0.259 e. The summed E-state index contributed by atoms with van der Waals surface area (Å²) in [5.41, 5.74) is 3.10. The molecule has 0 spiro atoms. The van der Waals surface area contributed by atoms with Gasteiger partial charge in [-0.3, -0.25) is 9.59 Å². The second-order valence-corrected chi connectivity index (χ2v) is 9.77. The van der Waals surface area contributed by atoms with Crippen LogP contribution in [0, 0.1) is 0 Å². The van der Waals surface area contributed by atoms with Gasteiger partial charge in [-0.05, 0) is 53.6 Å². The lowest BCUT2D eigenvalue weighted by Gasteiger charge is -2.23. The summed E-state index contributed by atoms with van der Waals surface area (Å²) in [6, 6.07) is 29.0. The number of hydrogen-bond donors (Lipinski definition) is 1. The molecule has 0 saturated carbocycles. The van der Waals surface area contributed by atoms with Crippen molar-refractivity contribution < 1.29 is 18.5 Å². The van der Waals surface area contributed by atoms with E-state index in [0.29, 0.717) is 33.2 Å². The van der Waals surface area contributed by atoms with E-state index in [-0.39, 0.29) is 18.4 Å². The van der Waals surface area contributed by atoms with Crippen LogP contribution >= 0.6 is 0 Å². The topological polar surface area (TPSA) is 75.7 Å². The van der Waals surface area contributed by atoms with Crippen molar-refractivity contribution in [2.24, 2.45) is 0 Å². The zero-order valence-electron chi connectivity index (χ0n) is 19.6. The molecule has 1 N–H and O–H groups in total. The summed E-state index contributed by atoms with van der Waals surface area (Å²) in [5, 5.41) is 2.92. The molecule has 2 amide bonds. The summed E-state index contributed by atoms with van der Waals surface area (Å²) < 4.78 is 18.7. The van der Waals surface area contributed by atoms with Crippen molar-refractivity contribution in [1.82, 2.24) is 5.32 Å². The van der Waals surface area contributed by atoms with Gasteiger partial charge in [0.1, 0.15) is 5.75 Å². The SMILES string of the molecule is COc1ccc(CNC(=O)c2ccc3c(c2)N(Cc2ccccc2)C(=O)c2ccccc2[S@]3=O)cc1. The maximum absolute atomic E-state index is 13.7. The van der Waals surface area contributed by atoms with Crippen molar-refractivity contribution in [3.63, 3.8) is 0 Å². The van der Waals surface area contributed by atoms with Crippen LogP contribution < -0.4 is 15.0 Å². The fourth-order valence-corrected chi connectivity index (χ4v) is 5.50. The predicted molar refractivity (Wildman–Crippen MR) is 139 cm³/mol. The van der Waals surface area contributed by atoms with Crippen LogP contribution in [0.25, 0.3) is 0 Å². The highest BCUT2D eigenvalue weighted by Gasteiger charge is 2.31. The summed E-state index contributed by atoms with van der Waals surface area (Å²) in [6.45, 7) is 0.624. The molecular formula is C29H24N2O4S. The molecule has 0 fully saturated rings. The minimum atomic E-state index is -1.57. The van der Waals surface area contributed by atoms with E-state index in [4.69, 9.17) is 4.74 Å². The standard InChI is InChI=1S/C29H24N2O4S/c1-35-23-14-11-20(12-15-23)18-30-28(32)22-13-16-27-25(17-22)31(19-21-7-3-2-4-8-21)29(33)24-9-5-6-10-26(24)36(27)34/h2-17H,18-19H2,1H3,(H,30,32)/t36-/m1/s1. The van der Waals surface area contributed by atoms with Gasteiger partial charge >= 0.3 is 0 Å². The molecule has 36 heavy (non-hydrogen) atoms. The summed E-state index contributed by atoms with van der Waals surface area (Å²) in [7, 11) is 0.0325. The van der Waals surface area contributed by atoms with Gasteiger partial charge in [-0.1, -0.05) is 54.6 Å². The van der Waals surface area contributed by atoms with Crippen LogP contribution in [0.4, 0.5) is 5.69 Å². The van der Waals surface area contributed by atoms with Crippen LogP contribution in [0.2, 0.25) is 0 Å². The zero-order valence-corrected chi connectivity index (χ0v) is 20.5. The Kier molecular flexibility index (Phi) is 6.64. The molecule has 4 aromatic carbocycles. The summed E-state index contributed by atoms with van der Waals surface area (Å²) >= 11 is 0. The predicted octanol–water partition coefficient (Wildman–Crippen LogP) is 4.95. The summed E-state index contributed by atoms with van der Waals surface area (Å²) in [5.74, 6) is 0.207. The van der Waals surface area contributed by atoms with E-state index >= 15 is 0 Å². The Bertz CT molecular complexity index is 1450. The van der Waals surface area contributed by atoms with E-state index in [1.807, 2.05) is 54.6 Å². The Labute approximate surface area is 212 Å². The number of nitrogens with zero attached hydrogens (tertiary/aromatic N) is 1. The highest BCUT2D eigenvalue weighted by Crippen LogP contribution is 2.36. The van der Waals surface area contributed by atoms with Gasteiger partial charge in [0.05, 0.1) is 45.5 Å². The van der Waals surface area contributed by atoms with Gasteiger partial charge < -0.3 is 15.0 Å². The highest BCUT2D eigenvalue weighted by atomic mass is 32.2. The van der Waals surface area contributed by atoms with E-state index in [0.717, 1.165) is 16.9 Å². The number of hydrogen-bond acceptors (Lipinski definition) is 4. The maximum atomic E-state index is 13.7. The molecule has 0 radical (unpaired) electrons. The van der Waals surface area contributed by atoms with Gasteiger partial charge in [0.25, 0.3) is 11.8 Å². The normalized spacial score (nSPS) is 14.4. The van der Waals surface area contributed by atoms with Crippen molar-refractivity contribution in [1.29, 1.82) is 0 Å². The first kappa shape index (κ1) is 23.5. The molecule has 1 heterocycles. The highest BCUT2D eigenvalue weighted by molar-refractivity contribution is 7.85. The average molecular weight is 497 g/mol. The first-order chi connectivity index (χ1) is 17.5. The molecule has 4 aromatic rings. The number of carbonyl (C=O) groups is 2. The van der Waals surface area contributed by atoms with Crippen LogP contribution in [0.5, 0.6) is 5.75 Å². The number of amides is 2. The van der Waals surface area contributed by atoms with Gasteiger partial charge in [-0.15, -0.1) is 0 Å². The third kappa shape index (κ3) is 4.65. The molecular weight excluding hydrogens is 472 g/mol. The van der Waals surface area contributed by atoms with Gasteiger partial charge in [0.15, 0.2) is 0 Å². The number of ether oxygens (including phenoxy) is 1. The third-order valence-corrected chi connectivity index (χ3v) is 7.57. The molecule has 1 atom stereocenters. The molecule has 0 aliphatic carbocycles. The quantitative estimate of drug-likeness (QED) is 0.410. The number of carbonyl (C=O) groups excluding carboxylic acids is 2. The van der Waals surface area contributed by atoms with Gasteiger partial charge in [0, 0.05) is 12.1 Å². The van der Waals surface area contributed by atoms with Crippen molar-refractivity contribution in [3.8, 4) is 5.75 Å². The molecule has 1 aliphatic rings. The Morgan fingerprint density at radius 3 is 2.33 bits per heavy atom. The zero-order chi connectivity index (χ0) is 25.1. The van der Waals surface area contributed by atoms with Crippen molar-refractivity contribution in [2.45, 2.75) is 22.9 Å². The third-order valence-electron chi connectivity index (χ3n) is 6.07.